The first-order valence-corrected chi connectivity index (χ1v) is 8.72. The van der Waals surface area contributed by atoms with Gasteiger partial charge < -0.3 is 10.1 Å². The number of hydrogen-bond donors (Lipinski definition) is 1. The lowest BCUT2D eigenvalue weighted by Gasteiger charge is -2.23. The van der Waals surface area contributed by atoms with Gasteiger partial charge in [-0.2, -0.15) is 0 Å². The fraction of sp³-hybridized carbons (Fsp3) is 0.500. The summed E-state index contributed by atoms with van der Waals surface area (Å²) in [6.07, 6.45) is 4.36. The zero-order valence-electron chi connectivity index (χ0n) is 12.7. The second-order valence-electron chi connectivity index (χ2n) is 6.30. The van der Waals surface area contributed by atoms with Crippen LogP contribution >= 0.6 is 11.3 Å². The van der Waals surface area contributed by atoms with E-state index in [1.165, 1.54) is 17.3 Å². The molecule has 2 aliphatic rings. The van der Waals surface area contributed by atoms with Gasteiger partial charge in [0.15, 0.2) is 5.82 Å². The minimum Gasteiger partial charge on any atom is -0.371 e. The highest BCUT2D eigenvalue weighted by molar-refractivity contribution is 7.09. The van der Waals surface area contributed by atoms with Crippen molar-refractivity contribution in [2.45, 2.75) is 31.0 Å². The lowest BCUT2D eigenvalue weighted by Crippen LogP contribution is -2.33. The van der Waals surface area contributed by atoms with Gasteiger partial charge in [-0.3, -0.25) is 4.90 Å². The maximum absolute atomic E-state index is 12.9. The molecule has 0 unspecified atom stereocenters. The molecule has 2 aromatic heterocycles. The van der Waals surface area contributed by atoms with Gasteiger partial charge in [-0.05, 0) is 17.9 Å². The molecule has 1 N–H and O–H groups in total. The quantitative estimate of drug-likeness (QED) is 0.931. The third-order valence-electron chi connectivity index (χ3n) is 4.52. The maximum Gasteiger partial charge on any atom is 0.223 e. The Kier molecular flexibility index (Phi) is 4.00. The van der Waals surface area contributed by atoms with Crippen molar-refractivity contribution in [3.63, 3.8) is 0 Å². The molecule has 0 bridgehead atoms. The Balaban J connectivity index is 1.33. The molecule has 122 valence electrons. The number of hydrogen-bond acceptors (Lipinski definition) is 6. The molecule has 4 heterocycles. The van der Waals surface area contributed by atoms with Crippen molar-refractivity contribution >= 4 is 17.3 Å². The number of ether oxygens (including phenoxy) is 1. The van der Waals surface area contributed by atoms with Gasteiger partial charge >= 0.3 is 0 Å². The zero-order valence-corrected chi connectivity index (χ0v) is 13.6. The lowest BCUT2D eigenvalue weighted by molar-refractivity contribution is 0.0120. The Labute approximate surface area is 138 Å². The molecule has 2 saturated heterocycles. The van der Waals surface area contributed by atoms with Crippen LogP contribution in [0, 0.1) is 5.82 Å². The highest BCUT2D eigenvalue weighted by Gasteiger charge is 2.45. The second-order valence-corrected chi connectivity index (χ2v) is 7.34. The van der Waals surface area contributed by atoms with Crippen molar-refractivity contribution in [2.75, 3.05) is 25.0 Å². The molecular weight excluding hydrogens is 315 g/mol. The number of thiophene rings is 1. The van der Waals surface area contributed by atoms with Crippen molar-refractivity contribution in [1.82, 2.24) is 14.9 Å². The number of anilines is 1. The van der Waals surface area contributed by atoms with E-state index in [9.17, 15) is 4.39 Å². The van der Waals surface area contributed by atoms with Gasteiger partial charge in [0.1, 0.15) is 0 Å². The van der Waals surface area contributed by atoms with Crippen molar-refractivity contribution in [3.05, 3.63) is 40.6 Å². The summed E-state index contributed by atoms with van der Waals surface area (Å²) in [5.41, 5.74) is -0.0606. The SMILES string of the molecule is Fc1cnc(N[C@H]2CO[C@@]3(CCN(Cc4cccs4)C3)C2)nc1. The Bertz CT molecular complexity index is 651. The number of halogens is 1. The largest absolute Gasteiger partial charge is 0.371 e. The van der Waals surface area contributed by atoms with Crippen molar-refractivity contribution < 1.29 is 9.13 Å². The number of nitrogens with one attached hydrogen (secondary N) is 1. The standard InChI is InChI=1S/C16H19FN4OS/c17-12-7-18-15(19-8-12)20-13-6-16(22-10-13)3-4-21(11-16)9-14-2-1-5-23-14/h1-2,5,7-8,13H,3-4,6,9-11H2,(H,18,19,20)/t13-,16+/m1/s1. The summed E-state index contributed by atoms with van der Waals surface area (Å²) in [4.78, 5) is 11.8. The van der Waals surface area contributed by atoms with Crippen molar-refractivity contribution in [3.8, 4) is 0 Å². The highest BCUT2D eigenvalue weighted by atomic mass is 32.1. The summed E-state index contributed by atoms with van der Waals surface area (Å²) in [6.45, 7) is 3.68. The van der Waals surface area contributed by atoms with Crippen LogP contribution in [0.2, 0.25) is 0 Å². The number of rotatable bonds is 4. The monoisotopic (exact) mass is 334 g/mol. The van der Waals surface area contributed by atoms with E-state index < -0.39 is 5.82 Å². The van der Waals surface area contributed by atoms with E-state index in [4.69, 9.17) is 4.74 Å². The lowest BCUT2D eigenvalue weighted by atomic mass is 9.97. The molecule has 2 aliphatic heterocycles. The van der Waals surface area contributed by atoms with Gasteiger partial charge in [-0.15, -0.1) is 11.3 Å². The molecule has 0 aliphatic carbocycles. The van der Waals surface area contributed by atoms with Gasteiger partial charge in [-0.1, -0.05) is 6.07 Å². The van der Waals surface area contributed by atoms with Gasteiger partial charge in [0.05, 0.1) is 30.6 Å². The normalized spacial score (nSPS) is 27.8. The Hall–Kier alpha value is -1.57. The van der Waals surface area contributed by atoms with Crippen LogP contribution in [0.25, 0.3) is 0 Å². The van der Waals surface area contributed by atoms with Crippen LogP contribution in [0.15, 0.2) is 29.9 Å². The molecule has 5 nitrogen and oxygen atoms in total. The van der Waals surface area contributed by atoms with E-state index in [-0.39, 0.29) is 11.6 Å². The fourth-order valence-corrected chi connectivity index (χ4v) is 4.22. The topological polar surface area (TPSA) is 50.3 Å². The van der Waals surface area contributed by atoms with Gasteiger partial charge in [0, 0.05) is 30.9 Å². The first kappa shape index (κ1) is 15.0. The van der Waals surface area contributed by atoms with Crippen LogP contribution in [0.1, 0.15) is 17.7 Å². The number of aromatic nitrogens is 2. The number of nitrogens with zero attached hydrogens (tertiary/aromatic N) is 3. The Morgan fingerprint density at radius 2 is 2.30 bits per heavy atom. The molecule has 4 rings (SSSR count). The fourth-order valence-electron chi connectivity index (χ4n) is 3.48. The summed E-state index contributed by atoms with van der Waals surface area (Å²) in [6, 6.07) is 4.46. The Morgan fingerprint density at radius 1 is 1.43 bits per heavy atom. The van der Waals surface area contributed by atoms with Crippen molar-refractivity contribution in [2.24, 2.45) is 0 Å². The predicted molar refractivity (Wildman–Crippen MR) is 86.9 cm³/mol. The molecular formula is C16H19FN4OS. The van der Waals surface area contributed by atoms with E-state index >= 15 is 0 Å². The van der Waals surface area contributed by atoms with Crippen LogP contribution in [-0.4, -0.2) is 46.2 Å². The summed E-state index contributed by atoms with van der Waals surface area (Å²) < 4.78 is 19.0. The highest BCUT2D eigenvalue weighted by Crippen LogP contribution is 2.36. The maximum atomic E-state index is 12.9. The molecule has 0 saturated carbocycles. The first-order valence-electron chi connectivity index (χ1n) is 7.84. The minimum absolute atomic E-state index is 0.0606. The molecule has 1 spiro atoms. The van der Waals surface area contributed by atoms with E-state index in [1.807, 2.05) is 0 Å². The average Bonchev–Trinajstić information content (AvgIpc) is 3.26. The molecule has 2 fully saturated rings. The molecule has 2 aromatic rings. The second kappa shape index (κ2) is 6.14. The average molecular weight is 334 g/mol. The van der Waals surface area contributed by atoms with Gasteiger partial charge in [0.25, 0.3) is 0 Å². The van der Waals surface area contributed by atoms with Crippen molar-refractivity contribution in [1.29, 1.82) is 0 Å². The summed E-state index contributed by atoms with van der Waals surface area (Å²) in [5.74, 6) is 0.0418. The first-order chi connectivity index (χ1) is 11.2. The minimum atomic E-state index is -0.422. The van der Waals surface area contributed by atoms with Gasteiger partial charge in [-0.25, -0.2) is 14.4 Å². The Morgan fingerprint density at radius 3 is 3.09 bits per heavy atom. The van der Waals surface area contributed by atoms with E-state index in [1.54, 1.807) is 11.3 Å². The van der Waals surface area contributed by atoms with Crippen LogP contribution in [0.5, 0.6) is 0 Å². The summed E-state index contributed by atoms with van der Waals surface area (Å²) in [7, 11) is 0. The molecule has 0 amide bonds. The third-order valence-corrected chi connectivity index (χ3v) is 5.38. The molecule has 0 aromatic carbocycles. The van der Waals surface area contributed by atoms with Crippen LogP contribution in [0.3, 0.4) is 0 Å². The summed E-state index contributed by atoms with van der Waals surface area (Å²) in [5, 5.41) is 5.37. The summed E-state index contributed by atoms with van der Waals surface area (Å²) >= 11 is 1.80. The molecule has 7 heteroatoms. The smallest absolute Gasteiger partial charge is 0.223 e. The molecule has 23 heavy (non-hydrogen) atoms. The van der Waals surface area contributed by atoms with E-state index in [2.05, 4.69) is 37.7 Å². The zero-order chi connectivity index (χ0) is 15.7. The van der Waals surface area contributed by atoms with E-state index in [0.29, 0.717) is 12.6 Å². The number of likely N-dealkylation sites (tertiary alicyclic amines) is 1. The molecule has 2 atom stereocenters. The van der Waals surface area contributed by atoms with Crippen LogP contribution in [-0.2, 0) is 11.3 Å². The molecule has 0 radical (unpaired) electrons. The third kappa shape index (κ3) is 3.36. The van der Waals surface area contributed by atoms with Gasteiger partial charge in [0.2, 0.25) is 5.95 Å². The predicted octanol–water partition coefficient (Wildman–Crippen LogP) is 2.52. The van der Waals surface area contributed by atoms with Crippen LogP contribution in [0.4, 0.5) is 10.3 Å². The van der Waals surface area contributed by atoms with Crippen LogP contribution < -0.4 is 5.32 Å². The van der Waals surface area contributed by atoms with E-state index in [0.717, 1.165) is 32.5 Å².